The number of ether oxygens (including phenoxy) is 1. The first-order chi connectivity index (χ1) is 12.4. The summed E-state index contributed by atoms with van der Waals surface area (Å²) in [6.45, 7) is 2.58. The van der Waals surface area contributed by atoms with Crippen molar-refractivity contribution in [1.82, 2.24) is 19.7 Å². The lowest BCUT2D eigenvalue weighted by molar-refractivity contribution is -0.155. The first-order valence-corrected chi connectivity index (χ1v) is 9.16. The highest BCUT2D eigenvalue weighted by Gasteiger charge is 2.44. The molecule has 1 aliphatic rings. The maximum Gasteiger partial charge on any atom is 0.313 e. The van der Waals surface area contributed by atoms with Crippen LogP contribution in [0.4, 0.5) is 0 Å². The van der Waals surface area contributed by atoms with Crippen molar-refractivity contribution >= 4 is 23.2 Å². The number of likely N-dealkylation sites (tertiary alicyclic amines) is 1. The molecule has 1 N–H and O–H groups in total. The fourth-order valence-electron chi connectivity index (χ4n) is 3.33. The average Bonchev–Trinajstić information content (AvgIpc) is 3.20. The zero-order valence-electron chi connectivity index (χ0n) is 15.1. The Labute approximate surface area is 155 Å². The number of aliphatic carboxylic acids is 1. The SMILES string of the molecule is COCC1(C(=O)O)CCCN(C(=O)c2sc(-c3cnn(C)c3)nc2C)C1. The zero-order valence-corrected chi connectivity index (χ0v) is 15.9. The molecule has 0 aliphatic carbocycles. The van der Waals surface area contributed by atoms with Crippen LogP contribution < -0.4 is 0 Å². The van der Waals surface area contributed by atoms with Gasteiger partial charge in [0.2, 0.25) is 0 Å². The number of nitrogens with zero attached hydrogens (tertiary/aromatic N) is 4. The standard InChI is InChI=1S/C17H22N4O4S/c1-11-13(26-14(19-11)12-7-18-20(2)8-12)15(22)21-6-4-5-17(9-21,10-25-3)16(23)24/h7-8H,4-6,9-10H2,1-3H3,(H,23,24). The molecule has 0 bridgehead atoms. The van der Waals surface area contributed by atoms with Crippen LogP contribution in [0.1, 0.15) is 28.2 Å². The van der Waals surface area contributed by atoms with Crippen molar-refractivity contribution in [1.29, 1.82) is 0 Å². The highest BCUT2D eigenvalue weighted by Crippen LogP contribution is 2.34. The molecule has 0 saturated carbocycles. The fraction of sp³-hybridized carbons (Fsp3) is 0.529. The monoisotopic (exact) mass is 378 g/mol. The Morgan fingerprint density at radius 1 is 1.46 bits per heavy atom. The summed E-state index contributed by atoms with van der Waals surface area (Å²) in [5.74, 6) is -1.09. The number of hydrogen-bond acceptors (Lipinski definition) is 6. The number of methoxy groups -OCH3 is 1. The Morgan fingerprint density at radius 2 is 2.23 bits per heavy atom. The summed E-state index contributed by atoms with van der Waals surface area (Å²) in [7, 11) is 3.31. The van der Waals surface area contributed by atoms with E-state index in [9.17, 15) is 14.7 Å². The lowest BCUT2D eigenvalue weighted by Gasteiger charge is -2.39. The molecule has 2 aromatic rings. The van der Waals surface area contributed by atoms with Crippen molar-refractivity contribution in [2.75, 3.05) is 26.8 Å². The minimum atomic E-state index is -1.05. The van der Waals surface area contributed by atoms with Gasteiger partial charge in [-0.25, -0.2) is 4.98 Å². The van der Waals surface area contributed by atoms with Crippen LogP contribution in [0.3, 0.4) is 0 Å². The van der Waals surface area contributed by atoms with E-state index in [1.807, 2.05) is 13.2 Å². The number of piperidine rings is 1. The van der Waals surface area contributed by atoms with Crippen LogP contribution >= 0.6 is 11.3 Å². The summed E-state index contributed by atoms with van der Waals surface area (Å²) in [5.41, 5.74) is 0.461. The number of rotatable bonds is 5. The molecule has 0 spiro atoms. The van der Waals surface area contributed by atoms with Crippen molar-refractivity contribution in [2.45, 2.75) is 19.8 Å². The fourth-order valence-corrected chi connectivity index (χ4v) is 4.34. The van der Waals surface area contributed by atoms with E-state index in [1.165, 1.54) is 18.4 Å². The zero-order chi connectivity index (χ0) is 18.9. The first-order valence-electron chi connectivity index (χ1n) is 8.34. The maximum atomic E-state index is 13.0. The second-order valence-corrected chi connectivity index (χ2v) is 7.68. The van der Waals surface area contributed by atoms with Gasteiger partial charge in [0.05, 0.1) is 18.5 Å². The third-order valence-electron chi connectivity index (χ3n) is 4.68. The molecule has 0 aromatic carbocycles. The van der Waals surface area contributed by atoms with Crippen molar-refractivity contribution in [3.8, 4) is 10.6 Å². The van der Waals surface area contributed by atoms with Gasteiger partial charge in [0.25, 0.3) is 5.91 Å². The van der Waals surface area contributed by atoms with Gasteiger partial charge < -0.3 is 14.7 Å². The molecule has 1 fully saturated rings. The number of thiazole rings is 1. The van der Waals surface area contributed by atoms with Crippen molar-refractivity contribution in [3.63, 3.8) is 0 Å². The van der Waals surface area contributed by atoms with E-state index in [0.29, 0.717) is 30.0 Å². The van der Waals surface area contributed by atoms with Gasteiger partial charge >= 0.3 is 5.97 Å². The molecule has 1 saturated heterocycles. The van der Waals surface area contributed by atoms with Gasteiger partial charge in [-0.05, 0) is 19.8 Å². The molecule has 1 aliphatic heterocycles. The molecule has 26 heavy (non-hydrogen) atoms. The second-order valence-electron chi connectivity index (χ2n) is 6.68. The smallest absolute Gasteiger partial charge is 0.313 e. The predicted molar refractivity (Wildman–Crippen MR) is 96.1 cm³/mol. The van der Waals surface area contributed by atoms with Gasteiger partial charge in [0.1, 0.15) is 15.3 Å². The Hall–Kier alpha value is -2.26. The summed E-state index contributed by atoms with van der Waals surface area (Å²) >= 11 is 1.32. The molecule has 3 heterocycles. The largest absolute Gasteiger partial charge is 0.481 e. The number of carboxylic acids is 1. The highest BCUT2D eigenvalue weighted by molar-refractivity contribution is 7.17. The van der Waals surface area contributed by atoms with Crippen molar-refractivity contribution < 1.29 is 19.4 Å². The van der Waals surface area contributed by atoms with Crippen LogP contribution in [0, 0.1) is 12.3 Å². The third kappa shape index (κ3) is 3.36. The van der Waals surface area contributed by atoms with Gasteiger partial charge in [-0.15, -0.1) is 11.3 Å². The number of carbonyl (C=O) groups excluding carboxylic acids is 1. The number of carbonyl (C=O) groups is 2. The van der Waals surface area contributed by atoms with Crippen LogP contribution in [0.5, 0.6) is 0 Å². The summed E-state index contributed by atoms with van der Waals surface area (Å²) in [5, 5.41) is 14.5. The van der Waals surface area contributed by atoms with Gasteiger partial charge in [-0.1, -0.05) is 0 Å². The molecule has 9 heteroatoms. The summed E-state index contributed by atoms with van der Waals surface area (Å²) in [6, 6.07) is 0. The number of aromatic nitrogens is 3. The van der Waals surface area contributed by atoms with Crippen LogP contribution in [-0.4, -0.2) is 63.5 Å². The van der Waals surface area contributed by atoms with E-state index < -0.39 is 11.4 Å². The molecule has 140 valence electrons. The van der Waals surface area contributed by atoms with Gasteiger partial charge in [-0.3, -0.25) is 14.3 Å². The minimum Gasteiger partial charge on any atom is -0.481 e. The summed E-state index contributed by atoms with van der Waals surface area (Å²) in [4.78, 5) is 31.5. The van der Waals surface area contributed by atoms with Crippen LogP contribution in [0.25, 0.3) is 10.6 Å². The van der Waals surface area contributed by atoms with Gasteiger partial charge in [-0.2, -0.15) is 5.10 Å². The molecule has 1 atom stereocenters. The van der Waals surface area contributed by atoms with Crippen molar-refractivity contribution in [3.05, 3.63) is 23.0 Å². The minimum absolute atomic E-state index is 0.0920. The van der Waals surface area contributed by atoms with Crippen LogP contribution in [-0.2, 0) is 16.6 Å². The third-order valence-corrected chi connectivity index (χ3v) is 5.88. The predicted octanol–water partition coefficient (Wildman–Crippen LogP) is 1.81. The topological polar surface area (TPSA) is 97.5 Å². The highest BCUT2D eigenvalue weighted by atomic mass is 32.1. The van der Waals surface area contributed by atoms with E-state index in [4.69, 9.17) is 4.74 Å². The molecular weight excluding hydrogens is 356 g/mol. The van der Waals surface area contributed by atoms with Crippen LogP contribution in [0.2, 0.25) is 0 Å². The number of carboxylic acid groups (broad SMARTS) is 1. The van der Waals surface area contributed by atoms with Crippen LogP contribution in [0.15, 0.2) is 12.4 Å². The Morgan fingerprint density at radius 3 is 2.85 bits per heavy atom. The Bertz CT molecular complexity index is 827. The van der Waals surface area contributed by atoms with Gasteiger partial charge in [0.15, 0.2) is 0 Å². The van der Waals surface area contributed by atoms with Crippen molar-refractivity contribution in [2.24, 2.45) is 12.5 Å². The van der Waals surface area contributed by atoms with Gasteiger partial charge in [0, 0.05) is 39.0 Å². The number of hydrogen-bond donors (Lipinski definition) is 1. The van der Waals surface area contributed by atoms with E-state index in [2.05, 4.69) is 10.1 Å². The Kier molecular flexibility index (Phi) is 5.10. The van der Waals surface area contributed by atoms with E-state index in [1.54, 1.807) is 22.7 Å². The first kappa shape index (κ1) is 18.5. The summed E-state index contributed by atoms with van der Waals surface area (Å²) < 4.78 is 6.81. The lowest BCUT2D eigenvalue weighted by atomic mass is 9.80. The van der Waals surface area contributed by atoms with E-state index in [-0.39, 0.29) is 19.1 Å². The molecule has 3 rings (SSSR count). The second kappa shape index (κ2) is 7.16. The maximum absolute atomic E-state index is 13.0. The molecule has 8 nitrogen and oxygen atoms in total. The number of amides is 1. The average molecular weight is 378 g/mol. The Balaban J connectivity index is 1.85. The van der Waals surface area contributed by atoms with E-state index >= 15 is 0 Å². The van der Waals surface area contributed by atoms with E-state index in [0.717, 1.165) is 10.6 Å². The molecule has 1 unspecified atom stereocenters. The molecule has 2 aromatic heterocycles. The number of aryl methyl sites for hydroxylation is 2. The molecule has 1 amide bonds. The quantitative estimate of drug-likeness (QED) is 0.852. The normalized spacial score (nSPS) is 20.3. The summed E-state index contributed by atoms with van der Waals surface area (Å²) in [6.07, 6.45) is 4.69. The molecular formula is C17H22N4O4S. The molecule has 0 radical (unpaired) electrons. The lowest BCUT2D eigenvalue weighted by Crippen LogP contribution is -2.52.